The summed E-state index contributed by atoms with van der Waals surface area (Å²) in [6.45, 7) is 4.46. The Morgan fingerprint density at radius 3 is 2.55 bits per heavy atom. The van der Waals surface area contributed by atoms with Crippen LogP contribution in [0.2, 0.25) is 0 Å². The normalized spacial score (nSPS) is 15.8. The van der Waals surface area contributed by atoms with Crippen molar-refractivity contribution in [2.24, 2.45) is 0 Å². The molecule has 0 spiro atoms. The van der Waals surface area contributed by atoms with Crippen molar-refractivity contribution in [3.05, 3.63) is 30.1 Å². The summed E-state index contributed by atoms with van der Waals surface area (Å²) in [7, 11) is 0. The highest BCUT2D eigenvalue weighted by Gasteiger charge is 2.08. The first kappa shape index (κ1) is 15.2. The maximum absolute atomic E-state index is 12.8. The number of rotatable bonds is 5. The SMILES string of the molecule is Fc1ccc(NC(=S)NCCCN2CCCCC2)cc1. The molecule has 0 saturated carbocycles. The molecular formula is C15H22FN3S. The van der Waals surface area contributed by atoms with Crippen molar-refractivity contribution in [3.8, 4) is 0 Å². The van der Waals surface area contributed by atoms with Gasteiger partial charge in [0.15, 0.2) is 5.11 Å². The highest BCUT2D eigenvalue weighted by atomic mass is 32.1. The molecule has 0 aromatic heterocycles. The van der Waals surface area contributed by atoms with E-state index in [0.717, 1.165) is 25.2 Å². The Labute approximate surface area is 125 Å². The Bertz CT molecular complexity index is 416. The predicted molar refractivity (Wildman–Crippen MR) is 85.5 cm³/mol. The Morgan fingerprint density at radius 1 is 1.15 bits per heavy atom. The van der Waals surface area contributed by atoms with E-state index in [1.807, 2.05) is 0 Å². The maximum Gasteiger partial charge on any atom is 0.170 e. The van der Waals surface area contributed by atoms with Gasteiger partial charge in [0.25, 0.3) is 0 Å². The van der Waals surface area contributed by atoms with Crippen molar-refractivity contribution in [2.45, 2.75) is 25.7 Å². The zero-order valence-corrected chi connectivity index (χ0v) is 12.5. The summed E-state index contributed by atoms with van der Waals surface area (Å²) < 4.78 is 12.8. The molecule has 1 saturated heterocycles. The van der Waals surface area contributed by atoms with Crippen molar-refractivity contribution in [1.82, 2.24) is 10.2 Å². The summed E-state index contributed by atoms with van der Waals surface area (Å²) >= 11 is 5.21. The van der Waals surface area contributed by atoms with Gasteiger partial charge in [-0.05, 0) is 75.4 Å². The molecule has 1 fully saturated rings. The molecule has 5 heteroatoms. The predicted octanol–water partition coefficient (Wildman–Crippen LogP) is 2.99. The molecule has 0 aliphatic carbocycles. The number of nitrogens with zero attached hydrogens (tertiary/aromatic N) is 1. The molecule has 1 heterocycles. The van der Waals surface area contributed by atoms with Gasteiger partial charge in [-0.2, -0.15) is 0 Å². The van der Waals surface area contributed by atoms with Crippen LogP contribution in [0, 0.1) is 5.82 Å². The number of benzene rings is 1. The molecule has 0 atom stereocenters. The molecule has 0 radical (unpaired) electrons. The van der Waals surface area contributed by atoms with E-state index in [1.54, 1.807) is 12.1 Å². The second kappa shape index (κ2) is 8.17. The molecule has 1 aromatic rings. The number of anilines is 1. The van der Waals surface area contributed by atoms with E-state index in [2.05, 4.69) is 15.5 Å². The molecule has 0 unspecified atom stereocenters. The fraction of sp³-hybridized carbons (Fsp3) is 0.533. The van der Waals surface area contributed by atoms with Crippen LogP contribution in [0.4, 0.5) is 10.1 Å². The number of thiocarbonyl (C=S) groups is 1. The van der Waals surface area contributed by atoms with Gasteiger partial charge in [0, 0.05) is 12.2 Å². The third kappa shape index (κ3) is 5.43. The van der Waals surface area contributed by atoms with E-state index >= 15 is 0 Å². The quantitative estimate of drug-likeness (QED) is 0.645. The van der Waals surface area contributed by atoms with Crippen LogP contribution in [0.5, 0.6) is 0 Å². The van der Waals surface area contributed by atoms with Gasteiger partial charge in [-0.15, -0.1) is 0 Å². The highest BCUT2D eigenvalue weighted by Crippen LogP contribution is 2.09. The smallest absolute Gasteiger partial charge is 0.170 e. The largest absolute Gasteiger partial charge is 0.362 e. The van der Waals surface area contributed by atoms with Gasteiger partial charge >= 0.3 is 0 Å². The lowest BCUT2D eigenvalue weighted by Crippen LogP contribution is -2.34. The van der Waals surface area contributed by atoms with Crippen LogP contribution in [0.25, 0.3) is 0 Å². The summed E-state index contributed by atoms with van der Waals surface area (Å²) in [6, 6.07) is 6.19. The van der Waals surface area contributed by atoms with Crippen molar-refractivity contribution in [1.29, 1.82) is 0 Å². The Kier molecular flexibility index (Phi) is 6.21. The Hall–Kier alpha value is -1.20. The second-order valence-corrected chi connectivity index (χ2v) is 5.55. The van der Waals surface area contributed by atoms with E-state index < -0.39 is 0 Å². The first-order valence-corrected chi connectivity index (χ1v) is 7.67. The number of piperidine rings is 1. The zero-order chi connectivity index (χ0) is 14.2. The van der Waals surface area contributed by atoms with Crippen LogP contribution in [-0.2, 0) is 0 Å². The molecule has 110 valence electrons. The van der Waals surface area contributed by atoms with E-state index in [1.165, 1.54) is 44.5 Å². The van der Waals surface area contributed by atoms with Gasteiger partial charge in [0.1, 0.15) is 5.82 Å². The van der Waals surface area contributed by atoms with E-state index in [-0.39, 0.29) is 5.82 Å². The molecule has 0 amide bonds. The van der Waals surface area contributed by atoms with Crippen LogP contribution in [-0.4, -0.2) is 36.2 Å². The average Bonchev–Trinajstić information content (AvgIpc) is 2.47. The summed E-state index contributed by atoms with van der Waals surface area (Å²) in [5.41, 5.74) is 0.805. The van der Waals surface area contributed by atoms with Gasteiger partial charge in [0.05, 0.1) is 0 Å². The fourth-order valence-corrected chi connectivity index (χ4v) is 2.62. The van der Waals surface area contributed by atoms with Crippen LogP contribution in [0.15, 0.2) is 24.3 Å². The van der Waals surface area contributed by atoms with Gasteiger partial charge in [-0.3, -0.25) is 0 Å². The summed E-state index contributed by atoms with van der Waals surface area (Å²) in [5.74, 6) is -0.240. The molecule has 2 N–H and O–H groups in total. The summed E-state index contributed by atoms with van der Waals surface area (Å²) in [5, 5.41) is 6.83. The monoisotopic (exact) mass is 295 g/mol. The topological polar surface area (TPSA) is 27.3 Å². The first-order valence-electron chi connectivity index (χ1n) is 7.27. The van der Waals surface area contributed by atoms with E-state index in [0.29, 0.717) is 5.11 Å². The minimum atomic E-state index is -0.240. The van der Waals surface area contributed by atoms with E-state index in [9.17, 15) is 4.39 Å². The fourth-order valence-electron chi connectivity index (χ4n) is 2.40. The number of hydrogen-bond donors (Lipinski definition) is 2. The van der Waals surface area contributed by atoms with Gasteiger partial charge < -0.3 is 15.5 Å². The molecule has 1 aromatic carbocycles. The van der Waals surface area contributed by atoms with Crippen molar-refractivity contribution < 1.29 is 4.39 Å². The van der Waals surface area contributed by atoms with Crippen molar-refractivity contribution in [3.63, 3.8) is 0 Å². The zero-order valence-electron chi connectivity index (χ0n) is 11.7. The molecule has 3 nitrogen and oxygen atoms in total. The number of nitrogens with one attached hydrogen (secondary N) is 2. The third-order valence-electron chi connectivity index (χ3n) is 3.49. The van der Waals surface area contributed by atoms with E-state index in [4.69, 9.17) is 12.2 Å². The first-order chi connectivity index (χ1) is 9.74. The van der Waals surface area contributed by atoms with Gasteiger partial charge in [-0.1, -0.05) is 6.42 Å². The third-order valence-corrected chi connectivity index (χ3v) is 3.73. The molecule has 0 bridgehead atoms. The number of likely N-dealkylation sites (tertiary alicyclic amines) is 1. The molecular weight excluding hydrogens is 273 g/mol. The molecule has 20 heavy (non-hydrogen) atoms. The second-order valence-electron chi connectivity index (χ2n) is 5.14. The Morgan fingerprint density at radius 2 is 1.85 bits per heavy atom. The minimum Gasteiger partial charge on any atom is -0.362 e. The number of halogens is 1. The lowest BCUT2D eigenvalue weighted by Gasteiger charge is -2.26. The molecule has 1 aliphatic rings. The van der Waals surface area contributed by atoms with Gasteiger partial charge in [-0.25, -0.2) is 4.39 Å². The number of hydrogen-bond acceptors (Lipinski definition) is 2. The lowest BCUT2D eigenvalue weighted by molar-refractivity contribution is 0.227. The lowest BCUT2D eigenvalue weighted by atomic mass is 10.1. The summed E-state index contributed by atoms with van der Waals surface area (Å²) in [6.07, 6.45) is 5.13. The van der Waals surface area contributed by atoms with Crippen LogP contribution >= 0.6 is 12.2 Å². The van der Waals surface area contributed by atoms with Crippen LogP contribution < -0.4 is 10.6 Å². The van der Waals surface area contributed by atoms with Gasteiger partial charge in [0.2, 0.25) is 0 Å². The molecule has 2 rings (SSSR count). The maximum atomic E-state index is 12.8. The van der Waals surface area contributed by atoms with Crippen molar-refractivity contribution in [2.75, 3.05) is 31.5 Å². The van der Waals surface area contributed by atoms with Crippen LogP contribution in [0.3, 0.4) is 0 Å². The summed E-state index contributed by atoms with van der Waals surface area (Å²) in [4.78, 5) is 2.52. The minimum absolute atomic E-state index is 0.240. The Balaban J connectivity index is 1.59. The highest BCUT2D eigenvalue weighted by molar-refractivity contribution is 7.80. The van der Waals surface area contributed by atoms with Crippen LogP contribution in [0.1, 0.15) is 25.7 Å². The molecule has 1 aliphatic heterocycles. The standard InChI is InChI=1S/C15H22FN3S/c16-13-5-7-14(8-6-13)18-15(20)17-9-4-12-19-10-2-1-3-11-19/h5-8H,1-4,9-12H2,(H2,17,18,20). The van der Waals surface area contributed by atoms with Crippen molar-refractivity contribution >= 4 is 23.0 Å². The average molecular weight is 295 g/mol.